The Bertz CT molecular complexity index is 844. The highest BCUT2D eigenvalue weighted by atomic mass is 32.1. The number of aryl methyl sites for hydroxylation is 2. The molecule has 0 N–H and O–H groups in total. The second-order valence-electron chi connectivity index (χ2n) is 5.43. The molecule has 0 aliphatic rings. The van der Waals surface area contributed by atoms with Crippen molar-refractivity contribution in [3.05, 3.63) is 57.9 Å². The molecule has 0 fully saturated rings. The van der Waals surface area contributed by atoms with Gasteiger partial charge in [-0.25, -0.2) is 4.99 Å². The first-order valence-electron chi connectivity index (χ1n) is 7.52. The van der Waals surface area contributed by atoms with Crippen LogP contribution in [0.1, 0.15) is 11.1 Å². The second-order valence-corrected chi connectivity index (χ2v) is 6.26. The van der Waals surface area contributed by atoms with Crippen molar-refractivity contribution < 1.29 is 9.15 Å². The minimum Gasteiger partial charge on any atom is -0.463 e. The highest BCUT2D eigenvalue weighted by Crippen LogP contribution is 2.22. The van der Waals surface area contributed by atoms with Gasteiger partial charge in [0.15, 0.2) is 10.6 Å². The summed E-state index contributed by atoms with van der Waals surface area (Å²) < 4.78 is 12.9. The minimum absolute atomic E-state index is 0.629. The molecule has 0 amide bonds. The lowest BCUT2D eigenvalue weighted by Gasteiger charge is -2.07. The molecule has 5 heteroatoms. The zero-order chi connectivity index (χ0) is 16.2. The number of furan rings is 1. The fourth-order valence-electron chi connectivity index (χ4n) is 2.47. The van der Waals surface area contributed by atoms with Crippen LogP contribution in [0.3, 0.4) is 0 Å². The zero-order valence-electron chi connectivity index (χ0n) is 13.6. The van der Waals surface area contributed by atoms with Crippen molar-refractivity contribution >= 4 is 17.0 Å². The van der Waals surface area contributed by atoms with Gasteiger partial charge in [0.1, 0.15) is 0 Å². The Morgan fingerprint density at radius 2 is 2.13 bits per heavy atom. The molecule has 0 aliphatic carbocycles. The maximum absolute atomic E-state index is 5.55. The Morgan fingerprint density at radius 1 is 1.26 bits per heavy atom. The second kappa shape index (κ2) is 6.98. The Balaban J connectivity index is 2.09. The van der Waals surface area contributed by atoms with Crippen molar-refractivity contribution in [2.75, 3.05) is 13.7 Å². The summed E-state index contributed by atoms with van der Waals surface area (Å²) in [5, 5.41) is 2.08. The molecule has 23 heavy (non-hydrogen) atoms. The maximum Gasteiger partial charge on any atom is 0.190 e. The molecule has 0 saturated heterocycles. The minimum atomic E-state index is 0.629. The van der Waals surface area contributed by atoms with Gasteiger partial charge in [-0.05, 0) is 37.6 Å². The van der Waals surface area contributed by atoms with Gasteiger partial charge in [0.2, 0.25) is 0 Å². The SMILES string of the molecule is COCCn1c(-c2ccco2)csc1=Nc1ccc(C)cc1C. The van der Waals surface area contributed by atoms with E-state index in [0.29, 0.717) is 6.61 Å². The van der Waals surface area contributed by atoms with E-state index >= 15 is 0 Å². The predicted octanol–water partition coefficient (Wildman–Crippen LogP) is 4.31. The molecule has 2 aromatic heterocycles. The van der Waals surface area contributed by atoms with E-state index in [0.717, 1.165) is 28.5 Å². The van der Waals surface area contributed by atoms with Crippen molar-refractivity contribution in [2.45, 2.75) is 20.4 Å². The van der Waals surface area contributed by atoms with Gasteiger partial charge in [-0.1, -0.05) is 17.7 Å². The van der Waals surface area contributed by atoms with E-state index in [1.165, 1.54) is 11.1 Å². The number of aromatic nitrogens is 1. The summed E-state index contributed by atoms with van der Waals surface area (Å²) in [4.78, 5) is 5.79. The molecular formula is C18H20N2O2S. The Hall–Kier alpha value is -2.11. The van der Waals surface area contributed by atoms with Crippen LogP contribution in [-0.4, -0.2) is 18.3 Å². The fourth-order valence-corrected chi connectivity index (χ4v) is 3.40. The number of thiazole rings is 1. The van der Waals surface area contributed by atoms with Gasteiger partial charge in [-0.3, -0.25) is 0 Å². The topological polar surface area (TPSA) is 39.7 Å². The summed E-state index contributed by atoms with van der Waals surface area (Å²) >= 11 is 1.61. The number of benzene rings is 1. The lowest BCUT2D eigenvalue weighted by atomic mass is 10.1. The summed E-state index contributed by atoms with van der Waals surface area (Å²) in [5.74, 6) is 0.847. The largest absolute Gasteiger partial charge is 0.463 e. The van der Waals surface area contributed by atoms with Gasteiger partial charge in [-0.15, -0.1) is 11.3 Å². The van der Waals surface area contributed by atoms with Gasteiger partial charge < -0.3 is 13.7 Å². The number of rotatable bonds is 5. The zero-order valence-corrected chi connectivity index (χ0v) is 14.4. The van der Waals surface area contributed by atoms with E-state index in [2.05, 4.69) is 42.0 Å². The van der Waals surface area contributed by atoms with Crippen LogP contribution in [-0.2, 0) is 11.3 Å². The molecule has 0 atom stereocenters. The van der Waals surface area contributed by atoms with E-state index in [1.54, 1.807) is 24.7 Å². The van der Waals surface area contributed by atoms with E-state index < -0.39 is 0 Å². The van der Waals surface area contributed by atoms with Crippen molar-refractivity contribution in [1.29, 1.82) is 0 Å². The molecule has 3 aromatic rings. The first kappa shape index (κ1) is 15.8. The van der Waals surface area contributed by atoms with Crippen LogP contribution in [0.4, 0.5) is 5.69 Å². The smallest absolute Gasteiger partial charge is 0.190 e. The van der Waals surface area contributed by atoms with Crippen molar-refractivity contribution in [3.8, 4) is 11.5 Å². The molecule has 0 saturated carbocycles. The monoisotopic (exact) mass is 328 g/mol. The van der Waals surface area contributed by atoms with Crippen LogP contribution in [0, 0.1) is 13.8 Å². The third-order valence-corrected chi connectivity index (χ3v) is 4.52. The lowest BCUT2D eigenvalue weighted by molar-refractivity contribution is 0.187. The molecule has 0 spiro atoms. The van der Waals surface area contributed by atoms with Gasteiger partial charge in [0.25, 0.3) is 0 Å². The highest BCUT2D eigenvalue weighted by Gasteiger charge is 2.10. The summed E-state index contributed by atoms with van der Waals surface area (Å²) in [7, 11) is 1.71. The quantitative estimate of drug-likeness (QED) is 0.700. The highest BCUT2D eigenvalue weighted by molar-refractivity contribution is 7.07. The molecule has 0 unspecified atom stereocenters. The molecule has 120 valence electrons. The van der Waals surface area contributed by atoms with E-state index in [1.807, 2.05) is 12.1 Å². The van der Waals surface area contributed by atoms with Crippen LogP contribution in [0.25, 0.3) is 11.5 Å². The van der Waals surface area contributed by atoms with Crippen LogP contribution < -0.4 is 4.80 Å². The van der Waals surface area contributed by atoms with Gasteiger partial charge in [0, 0.05) is 19.0 Å². The fraction of sp³-hybridized carbons (Fsp3) is 0.278. The normalized spacial score (nSPS) is 12.0. The van der Waals surface area contributed by atoms with Crippen LogP contribution in [0.15, 0.2) is 51.4 Å². The molecule has 0 aliphatic heterocycles. The molecular weight excluding hydrogens is 308 g/mol. The van der Waals surface area contributed by atoms with Crippen molar-refractivity contribution in [2.24, 2.45) is 4.99 Å². The van der Waals surface area contributed by atoms with Crippen molar-refractivity contribution in [1.82, 2.24) is 4.57 Å². The predicted molar refractivity (Wildman–Crippen MR) is 93.0 cm³/mol. The van der Waals surface area contributed by atoms with Gasteiger partial charge in [0.05, 0.1) is 24.3 Å². The molecule has 2 heterocycles. The summed E-state index contributed by atoms with van der Waals surface area (Å²) in [6.45, 7) is 5.55. The number of nitrogens with zero attached hydrogens (tertiary/aromatic N) is 2. The lowest BCUT2D eigenvalue weighted by Crippen LogP contribution is -2.18. The maximum atomic E-state index is 5.55. The first-order valence-corrected chi connectivity index (χ1v) is 8.40. The average molecular weight is 328 g/mol. The third-order valence-electron chi connectivity index (χ3n) is 3.66. The number of hydrogen-bond donors (Lipinski definition) is 0. The van der Waals surface area contributed by atoms with Crippen LogP contribution >= 0.6 is 11.3 Å². The Morgan fingerprint density at radius 3 is 2.83 bits per heavy atom. The first-order chi connectivity index (χ1) is 11.2. The van der Waals surface area contributed by atoms with Gasteiger partial charge in [-0.2, -0.15) is 0 Å². The average Bonchev–Trinajstić information content (AvgIpc) is 3.17. The van der Waals surface area contributed by atoms with Crippen LogP contribution in [0.2, 0.25) is 0 Å². The number of ether oxygens (including phenoxy) is 1. The molecule has 4 nitrogen and oxygen atoms in total. The molecule has 0 bridgehead atoms. The summed E-state index contributed by atoms with van der Waals surface area (Å²) in [6.07, 6.45) is 1.69. The van der Waals surface area contributed by atoms with E-state index in [4.69, 9.17) is 14.1 Å². The third kappa shape index (κ3) is 3.46. The number of hydrogen-bond acceptors (Lipinski definition) is 4. The van der Waals surface area contributed by atoms with Crippen molar-refractivity contribution in [3.63, 3.8) is 0 Å². The standard InChI is InChI=1S/C18H20N2O2S/c1-13-6-7-15(14(2)11-13)19-18-20(8-10-21-3)16(12-23-18)17-5-4-9-22-17/h4-7,9,11-12H,8,10H2,1-3H3. The molecule has 3 rings (SSSR count). The molecule has 0 radical (unpaired) electrons. The summed E-state index contributed by atoms with van der Waals surface area (Å²) in [5.41, 5.74) is 4.45. The summed E-state index contributed by atoms with van der Waals surface area (Å²) in [6, 6.07) is 10.2. The Labute approximate surface area is 139 Å². The van der Waals surface area contributed by atoms with E-state index in [9.17, 15) is 0 Å². The molecule has 1 aromatic carbocycles. The van der Waals surface area contributed by atoms with Crippen LogP contribution in [0.5, 0.6) is 0 Å². The Kier molecular flexibility index (Phi) is 4.79. The number of methoxy groups -OCH3 is 1. The van der Waals surface area contributed by atoms with Gasteiger partial charge >= 0.3 is 0 Å². The van der Waals surface area contributed by atoms with E-state index in [-0.39, 0.29) is 0 Å².